The number of aromatic amines is 1. The van der Waals surface area contributed by atoms with Crippen molar-refractivity contribution in [2.24, 2.45) is 0 Å². The number of aromatic nitrogens is 2. The van der Waals surface area contributed by atoms with Crippen LogP contribution < -0.4 is 19.5 Å². The van der Waals surface area contributed by atoms with E-state index in [1.165, 1.54) is 6.08 Å². The van der Waals surface area contributed by atoms with Crippen LogP contribution in [0.3, 0.4) is 0 Å². The number of para-hydroxylation sites is 2. The molecule has 4 rings (SSSR count). The van der Waals surface area contributed by atoms with Gasteiger partial charge in [-0.05, 0) is 42.8 Å². The number of H-pyrrole nitrogens is 1. The Bertz CT molecular complexity index is 991. The van der Waals surface area contributed by atoms with E-state index in [-0.39, 0.29) is 11.9 Å². The normalized spacial score (nSPS) is 14.2. The van der Waals surface area contributed by atoms with Gasteiger partial charge in [0, 0.05) is 6.08 Å². The summed E-state index contributed by atoms with van der Waals surface area (Å²) >= 11 is 0. The van der Waals surface area contributed by atoms with Crippen LogP contribution in [0.4, 0.5) is 0 Å². The standard InChI is InChI=1S/C21H21N3O4/c1-13(21-23-15-5-3-4-6-16(15)24-21)22-19(25)8-7-14-11-17(26-2)20-18(12-14)27-9-10-28-20/h3-8,11-13H,9-10H2,1-2H3,(H,22,25)(H,23,24)/b8-7+. The molecule has 0 radical (unpaired) electrons. The Balaban J connectivity index is 1.46. The number of benzene rings is 2. The zero-order chi connectivity index (χ0) is 19.5. The van der Waals surface area contributed by atoms with E-state index >= 15 is 0 Å². The summed E-state index contributed by atoms with van der Waals surface area (Å²) in [5.41, 5.74) is 2.60. The number of hydrogen-bond acceptors (Lipinski definition) is 5. The van der Waals surface area contributed by atoms with Crippen molar-refractivity contribution >= 4 is 23.0 Å². The molecule has 0 saturated heterocycles. The molecule has 1 aliphatic heterocycles. The first-order valence-electron chi connectivity index (χ1n) is 9.05. The lowest BCUT2D eigenvalue weighted by molar-refractivity contribution is -0.117. The predicted octanol–water partition coefficient (Wildman–Crippen LogP) is 3.23. The topological polar surface area (TPSA) is 85.5 Å². The highest BCUT2D eigenvalue weighted by molar-refractivity contribution is 5.92. The van der Waals surface area contributed by atoms with E-state index < -0.39 is 0 Å². The summed E-state index contributed by atoms with van der Waals surface area (Å²) in [5.74, 6) is 2.27. The van der Waals surface area contributed by atoms with Gasteiger partial charge in [0.15, 0.2) is 11.5 Å². The van der Waals surface area contributed by atoms with Gasteiger partial charge in [0.05, 0.1) is 24.2 Å². The maximum absolute atomic E-state index is 12.3. The number of imidazole rings is 1. The molecule has 1 atom stereocenters. The predicted molar refractivity (Wildman–Crippen MR) is 106 cm³/mol. The number of nitrogens with zero attached hydrogens (tertiary/aromatic N) is 1. The largest absolute Gasteiger partial charge is 0.493 e. The summed E-state index contributed by atoms with van der Waals surface area (Å²) in [6.07, 6.45) is 3.19. The number of nitrogens with one attached hydrogen (secondary N) is 2. The highest BCUT2D eigenvalue weighted by atomic mass is 16.6. The van der Waals surface area contributed by atoms with Gasteiger partial charge >= 0.3 is 0 Å². The maximum atomic E-state index is 12.3. The van der Waals surface area contributed by atoms with Crippen molar-refractivity contribution < 1.29 is 19.0 Å². The number of carbonyl (C=O) groups excluding carboxylic acids is 1. The second-order valence-electron chi connectivity index (χ2n) is 6.45. The van der Waals surface area contributed by atoms with Gasteiger partial charge in [0.2, 0.25) is 11.7 Å². The Labute approximate surface area is 162 Å². The minimum atomic E-state index is -0.251. The highest BCUT2D eigenvalue weighted by Crippen LogP contribution is 2.40. The summed E-state index contributed by atoms with van der Waals surface area (Å²) in [5, 5.41) is 2.91. The van der Waals surface area contributed by atoms with E-state index in [4.69, 9.17) is 14.2 Å². The zero-order valence-corrected chi connectivity index (χ0v) is 15.7. The van der Waals surface area contributed by atoms with E-state index in [2.05, 4.69) is 15.3 Å². The molecule has 2 N–H and O–H groups in total. The fourth-order valence-electron chi connectivity index (χ4n) is 3.07. The summed E-state index contributed by atoms with van der Waals surface area (Å²) in [4.78, 5) is 20.1. The van der Waals surface area contributed by atoms with Gasteiger partial charge in [-0.15, -0.1) is 0 Å². The molecule has 2 heterocycles. The number of amides is 1. The van der Waals surface area contributed by atoms with Crippen molar-refractivity contribution in [3.05, 3.63) is 53.9 Å². The highest BCUT2D eigenvalue weighted by Gasteiger charge is 2.18. The third kappa shape index (κ3) is 3.64. The van der Waals surface area contributed by atoms with Gasteiger partial charge in [-0.2, -0.15) is 0 Å². The lowest BCUT2D eigenvalue weighted by Gasteiger charge is -2.20. The molecule has 0 bridgehead atoms. The fraction of sp³-hybridized carbons (Fsp3) is 0.238. The molecule has 3 aromatic rings. The van der Waals surface area contributed by atoms with E-state index in [0.717, 1.165) is 16.6 Å². The quantitative estimate of drug-likeness (QED) is 0.665. The Morgan fingerprint density at radius 2 is 2.11 bits per heavy atom. The fourth-order valence-corrected chi connectivity index (χ4v) is 3.07. The van der Waals surface area contributed by atoms with Crippen LogP contribution >= 0.6 is 0 Å². The van der Waals surface area contributed by atoms with Crippen molar-refractivity contribution in [2.45, 2.75) is 13.0 Å². The number of rotatable bonds is 5. The van der Waals surface area contributed by atoms with Gasteiger partial charge in [-0.25, -0.2) is 4.98 Å². The van der Waals surface area contributed by atoms with E-state index in [0.29, 0.717) is 36.3 Å². The van der Waals surface area contributed by atoms with Crippen molar-refractivity contribution in [1.82, 2.24) is 15.3 Å². The second-order valence-corrected chi connectivity index (χ2v) is 6.45. The van der Waals surface area contributed by atoms with Crippen LogP contribution in [0.5, 0.6) is 17.2 Å². The molecule has 0 fully saturated rings. The molecule has 7 nitrogen and oxygen atoms in total. The molecule has 0 saturated carbocycles. The van der Waals surface area contributed by atoms with Crippen molar-refractivity contribution in [3.63, 3.8) is 0 Å². The van der Waals surface area contributed by atoms with Gasteiger partial charge in [-0.3, -0.25) is 4.79 Å². The Hall–Kier alpha value is -3.48. The Morgan fingerprint density at radius 1 is 1.29 bits per heavy atom. The third-order valence-corrected chi connectivity index (χ3v) is 4.45. The summed E-state index contributed by atoms with van der Waals surface area (Å²) in [6, 6.07) is 11.1. The number of fused-ring (bicyclic) bond motifs is 2. The van der Waals surface area contributed by atoms with E-state index in [1.807, 2.05) is 37.3 Å². The Kier molecular flexibility index (Phi) is 4.89. The molecule has 2 aromatic carbocycles. The van der Waals surface area contributed by atoms with Crippen LogP contribution in [0.1, 0.15) is 24.4 Å². The van der Waals surface area contributed by atoms with E-state index in [1.54, 1.807) is 19.3 Å². The van der Waals surface area contributed by atoms with Crippen molar-refractivity contribution in [2.75, 3.05) is 20.3 Å². The van der Waals surface area contributed by atoms with Crippen LogP contribution in [-0.2, 0) is 4.79 Å². The van der Waals surface area contributed by atoms with Crippen LogP contribution in [-0.4, -0.2) is 36.2 Å². The lowest BCUT2D eigenvalue weighted by Crippen LogP contribution is -2.25. The summed E-state index contributed by atoms with van der Waals surface area (Å²) in [6.45, 7) is 2.86. The SMILES string of the molecule is COc1cc(/C=C/C(=O)NC(C)c2nc3ccccc3[nH]2)cc2c1OCCO2. The molecule has 28 heavy (non-hydrogen) atoms. The first-order chi connectivity index (χ1) is 13.6. The first-order valence-corrected chi connectivity index (χ1v) is 9.05. The molecule has 1 aromatic heterocycles. The number of methoxy groups -OCH3 is 1. The molecule has 0 aliphatic carbocycles. The van der Waals surface area contributed by atoms with Crippen LogP contribution in [0.25, 0.3) is 17.1 Å². The Morgan fingerprint density at radius 3 is 2.93 bits per heavy atom. The van der Waals surface area contributed by atoms with Crippen LogP contribution in [0.2, 0.25) is 0 Å². The number of hydrogen-bond donors (Lipinski definition) is 2. The molecular formula is C21H21N3O4. The smallest absolute Gasteiger partial charge is 0.244 e. The minimum Gasteiger partial charge on any atom is -0.493 e. The summed E-state index contributed by atoms with van der Waals surface area (Å²) in [7, 11) is 1.57. The maximum Gasteiger partial charge on any atom is 0.244 e. The first kappa shape index (κ1) is 17.9. The molecule has 144 valence electrons. The second kappa shape index (κ2) is 7.64. The van der Waals surface area contributed by atoms with Gasteiger partial charge in [0.1, 0.15) is 19.0 Å². The molecule has 1 amide bonds. The lowest BCUT2D eigenvalue weighted by atomic mass is 10.1. The molecule has 7 heteroatoms. The number of ether oxygens (including phenoxy) is 3. The van der Waals surface area contributed by atoms with Crippen LogP contribution in [0.15, 0.2) is 42.5 Å². The third-order valence-electron chi connectivity index (χ3n) is 4.45. The van der Waals surface area contributed by atoms with Crippen molar-refractivity contribution in [3.8, 4) is 17.2 Å². The van der Waals surface area contributed by atoms with Gasteiger partial charge in [0.25, 0.3) is 0 Å². The molecule has 1 unspecified atom stereocenters. The van der Waals surface area contributed by atoms with E-state index in [9.17, 15) is 4.79 Å². The minimum absolute atomic E-state index is 0.221. The number of carbonyl (C=O) groups is 1. The average molecular weight is 379 g/mol. The van der Waals surface area contributed by atoms with Crippen molar-refractivity contribution in [1.29, 1.82) is 0 Å². The summed E-state index contributed by atoms with van der Waals surface area (Å²) < 4.78 is 16.6. The average Bonchev–Trinajstić information content (AvgIpc) is 3.16. The molecule has 1 aliphatic rings. The monoisotopic (exact) mass is 379 g/mol. The zero-order valence-electron chi connectivity index (χ0n) is 15.7. The van der Waals surface area contributed by atoms with Gasteiger partial charge < -0.3 is 24.5 Å². The van der Waals surface area contributed by atoms with Gasteiger partial charge in [-0.1, -0.05) is 12.1 Å². The molecule has 0 spiro atoms. The molecular weight excluding hydrogens is 358 g/mol. The van der Waals surface area contributed by atoms with Crippen LogP contribution in [0, 0.1) is 0 Å².